The molecule has 20 heavy (non-hydrogen) atoms. The van der Waals surface area contributed by atoms with Crippen LogP contribution in [0.25, 0.3) is 0 Å². The van der Waals surface area contributed by atoms with Crippen LogP contribution >= 0.6 is 0 Å². The van der Waals surface area contributed by atoms with Crippen LogP contribution in [0.2, 0.25) is 0 Å². The standard InChI is InChI=1S/C17H28N2O/c1-8-19(17(5,6)7)15(20)18-14-11-9-13(10-12-14)16(2,3)4/h9-12H,8H2,1-7H3,(H,18,20). The second-order valence-electron chi connectivity index (χ2n) is 7.17. The summed E-state index contributed by atoms with van der Waals surface area (Å²) < 4.78 is 0. The minimum atomic E-state index is -0.176. The summed E-state index contributed by atoms with van der Waals surface area (Å²) in [6, 6.07) is 8.03. The molecule has 0 bridgehead atoms. The van der Waals surface area contributed by atoms with E-state index in [0.29, 0.717) is 6.54 Å². The zero-order valence-electron chi connectivity index (χ0n) is 13.9. The third-order valence-corrected chi connectivity index (χ3v) is 3.37. The maximum atomic E-state index is 12.3. The number of rotatable bonds is 2. The summed E-state index contributed by atoms with van der Waals surface area (Å²) >= 11 is 0. The molecule has 0 spiro atoms. The second kappa shape index (κ2) is 5.86. The molecule has 112 valence electrons. The number of nitrogens with zero attached hydrogens (tertiary/aromatic N) is 1. The molecule has 3 nitrogen and oxygen atoms in total. The Morgan fingerprint density at radius 2 is 1.55 bits per heavy atom. The van der Waals surface area contributed by atoms with Gasteiger partial charge in [0.25, 0.3) is 0 Å². The molecule has 2 amide bonds. The number of amides is 2. The first kappa shape index (κ1) is 16.5. The van der Waals surface area contributed by atoms with E-state index in [0.717, 1.165) is 5.69 Å². The van der Waals surface area contributed by atoms with Crippen LogP contribution in [0.3, 0.4) is 0 Å². The van der Waals surface area contributed by atoms with Gasteiger partial charge in [-0.2, -0.15) is 0 Å². The van der Waals surface area contributed by atoms with Gasteiger partial charge in [0, 0.05) is 17.8 Å². The zero-order chi connectivity index (χ0) is 15.6. The lowest BCUT2D eigenvalue weighted by atomic mass is 9.87. The summed E-state index contributed by atoms with van der Waals surface area (Å²) in [7, 11) is 0. The second-order valence-corrected chi connectivity index (χ2v) is 7.17. The molecule has 0 heterocycles. The molecule has 0 saturated heterocycles. The molecule has 1 aromatic rings. The number of urea groups is 1. The number of anilines is 1. The lowest BCUT2D eigenvalue weighted by Crippen LogP contribution is -2.47. The summed E-state index contributed by atoms with van der Waals surface area (Å²) in [5.41, 5.74) is 2.05. The molecule has 1 rings (SSSR count). The molecule has 0 unspecified atom stereocenters. The molecule has 3 heteroatoms. The Balaban J connectivity index is 2.81. The maximum Gasteiger partial charge on any atom is 0.322 e. The van der Waals surface area contributed by atoms with E-state index in [1.807, 2.05) is 44.7 Å². The predicted molar refractivity (Wildman–Crippen MR) is 86.3 cm³/mol. The van der Waals surface area contributed by atoms with Crippen molar-refractivity contribution in [3.05, 3.63) is 29.8 Å². The fraction of sp³-hybridized carbons (Fsp3) is 0.588. The molecule has 0 aliphatic rings. The molecule has 1 aromatic carbocycles. The van der Waals surface area contributed by atoms with E-state index in [1.54, 1.807) is 0 Å². The van der Waals surface area contributed by atoms with Crippen molar-refractivity contribution in [1.82, 2.24) is 4.90 Å². The highest BCUT2D eigenvalue weighted by atomic mass is 16.2. The van der Waals surface area contributed by atoms with Crippen molar-refractivity contribution in [3.63, 3.8) is 0 Å². The first-order chi connectivity index (χ1) is 9.05. The van der Waals surface area contributed by atoms with Crippen molar-refractivity contribution < 1.29 is 4.79 Å². The number of carbonyl (C=O) groups excluding carboxylic acids is 1. The quantitative estimate of drug-likeness (QED) is 0.838. The van der Waals surface area contributed by atoms with E-state index >= 15 is 0 Å². The Labute approximate surface area is 123 Å². The van der Waals surface area contributed by atoms with E-state index in [4.69, 9.17) is 0 Å². The maximum absolute atomic E-state index is 12.3. The lowest BCUT2D eigenvalue weighted by Gasteiger charge is -2.34. The molecule has 0 saturated carbocycles. The number of hydrogen-bond donors (Lipinski definition) is 1. The van der Waals surface area contributed by atoms with Gasteiger partial charge in [0.2, 0.25) is 0 Å². The number of carbonyl (C=O) groups is 1. The normalized spacial score (nSPS) is 12.2. The molecular formula is C17H28N2O. The molecular weight excluding hydrogens is 248 g/mol. The first-order valence-electron chi connectivity index (χ1n) is 7.25. The lowest BCUT2D eigenvalue weighted by molar-refractivity contribution is 0.162. The fourth-order valence-electron chi connectivity index (χ4n) is 2.17. The van der Waals surface area contributed by atoms with Crippen molar-refractivity contribution in [2.45, 2.75) is 59.4 Å². The predicted octanol–water partition coefficient (Wildman–Crippen LogP) is 4.64. The topological polar surface area (TPSA) is 32.3 Å². The van der Waals surface area contributed by atoms with Crippen LogP contribution in [0.4, 0.5) is 10.5 Å². The summed E-state index contributed by atoms with van der Waals surface area (Å²) in [4.78, 5) is 14.1. The summed E-state index contributed by atoms with van der Waals surface area (Å²) in [5.74, 6) is 0. The van der Waals surface area contributed by atoms with Gasteiger partial charge in [0.05, 0.1) is 0 Å². The van der Waals surface area contributed by atoms with Gasteiger partial charge >= 0.3 is 6.03 Å². The average molecular weight is 276 g/mol. The van der Waals surface area contributed by atoms with E-state index in [9.17, 15) is 4.79 Å². The van der Waals surface area contributed by atoms with E-state index in [-0.39, 0.29) is 17.0 Å². The third-order valence-electron chi connectivity index (χ3n) is 3.37. The van der Waals surface area contributed by atoms with Crippen LogP contribution in [0.1, 0.15) is 54.0 Å². The first-order valence-corrected chi connectivity index (χ1v) is 7.25. The van der Waals surface area contributed by atoms with Gasteiger partial charge in [-0.15, -0.1) is 0 Å². The van der Waals surface area contributed by atoms with Gasteiger partial charge < -0.3 is 10.2 Å². The van der Waals surface area contributed by atoms with Crippen molar-refractivity contribution in [2.75, 3.05) is 11.9 Å². The van der Waals surface area contributed by atoms with Gasteiger partial charge in [0.1, 0.15) is 0 Å². The van der Waals surface area contributed by atoms with Crippen LogP contribution in [0.5, 0.6) is 0 Å². The summed E-state index contributed by atoms with van der Waals surface area (Å²) in [5, 5.41) is 2.97. The van der Waals surface area contributed by atoms with Gasteiger partial charge in [-0.3, -0.25) is 0 Å². The minimum Gasteiger partial charge on any atom is -0.320 e. The Hall–Kier alpha value is -1.51. The molecule has 0 radical (unpaired) electrons. The molecule has 0 fully saturated rings. The Morgan fingerprint density at radius 1 is 1.05 bits per heavy atom. The minimum absolute atomic E-state index is 0.0523. The number of nitrogens with one attached hydrogen (secondary N) is 1. The Morgan fingerprint density at radius 3 is 1.90 bits per heavy atom. The van der Waals surface area contributed by atoms with Gasteiger partial charge in [0.15, 0.2) is 0 Å². The molecule has 1 N–H and O–H groups in total. The smallest absolute Gasteiger partial charge is 0.320 e. The highest BCUT2D eigenvalue weighted by Gasteiger charge is 2.24. The van der Waals surface area contributed by atoms with Crippen molar-refractivity contribution in [3.8, 4) is 0 Å². The number of hydrogen-bond acceptors (Lipinski definition) is 1. The molecule has 0 aliphatic carbocycles. The molecule has 0 aliphatic heterocycles. The largest absolute Gasteiger partial charge is 0.322 e. The van der Waals surface area contributed by atoms with E-state index in [2.05, 4.69) is 38.2 Å². The van der Waals surface area contributed by atoms with E-state index < -0.39 is 0 Å². The van der Waals surface area contributed by atoms with Gasteiger partial charge in [-0.1, -0.05) is 32.9 Å². The van der Waals surface area contributed by atoms with Crippen LogP contribution in [0.15, 0.2) is 24.3 Å². The number of benzene rings is 1. The highest BCUT2D eigenvalue weighted by Crippen LogP contribution is 2.24. The van der Waals surface area contributed by atoms with Gasteiger partial charge in [-0.05, 0) is 50.8 Å². The van der Waals surface area contributed by atoms with Crippen LogP contribution in [-0.2, 0) is 5.41 Å². The molecule has 0 aromatic heterocycles. The van der Waals surface area contributed by atoms with Crippen molar-refractivity contribution in [1.29, 1.82) is 0 Å². The van der Waals surface area contributed by atoms with Crippen LogP contribution in [0, 0.1) is 0 Å². The monoisotopic (exact) mass is 276 g/mol. The fourth-order valence-corrected chi connectivity index (χ4v) is 2.17. The average Bonchev–Trinajstić information content (AvgIpc) is 2.27. The highest BCUT2D eigenvalue weighted by molar-refractivity contribution is 5.89. The van der Waals surface area contributed by atoms with E-state index in [1.165, 1.54) is 5.56 Å². The van der Waals surface area contributed by atoms with Crippen molar-refractivity contribution in [2.24, 2.45) is 0 Å². The third kappa shape index (κ3) is 4.26. The Kier molecular flexibility index (Phi) is 4.85. The van der Waals surface area contributed by atoms with Gasteiger partial charge in [-0.25, -0.2) is 4.79 Å². The van der Waals surface area contributed by atoms with Crippen LogP contribution < -0.4 is 5.32 Å². The summed E-state index contributed by atoms with van der Waals surface area (Å²) in [6.45, 7) is 15.3. The summed E-state index contributed by atoms with van der Waals surface area (Å²) in [6.07, 6.45) is 0. The Bertz CT molecular complexity index is 449. The SMILES string of the molecule is CCN(C(=O)Nc1ccc(C(C)(C)C)cc1)C(C)(C)C. The molecule has 0 atom stereocenters. The zero-order valence-corrected chi connectivity index (χ0v) is 13.9. The van der Waals surface area contributed by atoms with Crippen LogP contribution in [-0.4, -0.2) is 23.0 Å². The van der Waals surface area contributed by atoms with Crippen molar-refractivity contribution >= 4 is 11.7 Å².